The Hall–Kier alpha value is -4.02. The average Bonchev–Trinajstić information content (AvgIpc) is 3.18. The molecule has 1 aliphatic heterocycles. The van der Waals surface area contributed by atoms with E-state index in [4.69, 9.17) is 14.2 Å². The number of ether oxygens (including phenoxy) is 3. The number of carbonyl (C=O) groups excluding carboxylic acids is 2. The summed E-state index contributed by atoms with van der Waals surface area (Å²) in [6.45, 7) is 0.0193. The Labute approximate surface area is 183 Å². The molecule has 1 saturated heterocycles. The van der Waals surface area contributed by atoms with E-state index < -0.39 is 16.7 Å². The molecule has 0 aromatic heterocycles. The molecular formula is C21H23N3O8. The van der Waals surface area contributed by atoms with Gasteiger partial charge in [-0.2, -0.15) is 0 Å². The van der Waals surface area contributed by atoms with Crippen LogP contribution in [-0.4, -0.2) is 49.7 Å². The number of phenols is 1. The molecule has 11 nitrogen and oxygen atoms in total. The van der Waals surface area contributed by atoms with Gasteiger partial charge in [-0.05, 0) is 6.07 Å². The van der Waals surface area contributed by atoms with Crippen molar-refractivity contribution in [1.29, 1.82) is 0 Å². The number of nitro benzene ring substituents is 1. The van der Waals surface area contributed by atoms with Gasteiger partial charge in [0.1, 0.15) is 5.75 Å². The minimum Gasteiger partial charge on any atom is -0.508 e. The minimum atomic E-state index is -0.637. The number of methoxy groups -OCH3 is 3. The molecule has 32 heavy (non-hydrogen) atoms. The van der Waals surface area contributed by atoms with Crippen LogP contribution in [-0.2, 0) is 16.1 Å². The van der Waals surface area contributed by atoms with Gasteiger partial charge in [0.05, 0.1) is 37.9 Å². The highest BCUT2D eigenvalue weighted by atomic mass is 16.6. The maximum Gasteiger partial charge on any atom is 0.270 e. The lowest BCUT2D eigenvalue weighted by Gasteiger charge is -2.20. The third-order valence-corrected chi connectivity index (χ3v) is 5.18. The standard InChI is InChI=1S/C21H23N3O8/c1-30-17-8-15(9-18(31-2)20(17)32-3)23-11-13(7-19(23)26)21(27)22-10-12-6-14(24(28)29)4-5-16(12)25/h4-6,8-9,13,25H,7,10-11H2,1-3H3,(H,22,27). The lowest BCUT2D eigenvalue weighted by Crippen LogP contribution is -2.32. The van der Waals surface area contributed by atoms with Gasteiger partial charge in [-0.1, -0.05) is 0 Å². The quantitative estimate of drug-likeness (QED) is 0.464. The van der Waals surface area contributed by atoms with Crippen molar-refractivity contribution in [2.45, 2.75) is 13.0 Å². The summed E-state index contributed by atoms with van der Waals surface area (Å²) in [5, 5.41) is 23.5. The fourth-order valence-corrected chi connectivity index (χ4v) is 3.51. The maximum atomic E-state index is 12.6. The molecular weight excluding hydrogens is 422 g/mol. The van der Waals surface area contributed by atoms with E-state index in [1.807, 2.05) is 0 Å². The van der Waals surface area contributed by atoms with E-state index >= 15 is 0 Å². The zero-order valence-corrected chi connectivity index (χ0v) is 17.8. The number of nitrogens with one attached hydrogen (secondary N) is 1. The van der Waals surface area contributed by atoms with Crippen LogP contribution < -0.4 is 24.4 Å². The number of benzene rings is 2. The minimum absolute atomic E-state index is 0.0105. The Morgan fingerprint density at radius 2 is 1.84 bits per heavy atom. The summed E-state index contributed by atoms with van der Waals surface area (Å²) in [6.07, 6.45) is -0.0105. The Bertz CT molecular complexity index is 1030. The van der Waals surface area contributed by atoms with Crippen molar-refractivity contribution >= 4 is 23.2 Å². The molecule has 2 amide bonds. The summed E-state index contributed by atoms with van der Waals surface area (Å²) in [5.74, 6) is -0.319. The third-order valence-electron chi connectivity index (χ3n) is 5.18. The monoisotopic (exact) mass is 445 g/mol. The lowest BCUT2D eigenvalue weighted by atomic mass is 10.1. The average molecular weight is 445 g/mol. The molecule has 2 aromatic carbocycles. The van der Waals surface area contributed by atoms with E-state index in [0.29, 0.717) is 22.9 Å². The van der Waals surface area contributed by atoms with E-state index in [2.05, 4.69) is 5.32 Å². The van der Waals surface area contributed by atoms with Gasteiger partial charge in [-0.15, -0.1) is 0 Å². The van der Waals surface area contributed by atoms with Gasteiger partial charge in [0.25, 0.3) is 5.69 Å². The van der Waals surface area contributed by atoms with Crippen molar-refractivity contribution in [1.82, 2.24) is 5.32 Å². The second-order valence-corrected chi connectivity index (χ2v) is 7.08. The molecule has 1 unspecified atom stereocenters. The Morgan fingerprint density at radius 3 is 2.41 bits per heavy atom. The molecule has 170 valence electrons. The molecule has 1 atom stereocenters. The predicted octanol–water partition coefficient (Wildman–Crippen LogP) is 2.00. The van der Waals surface area contributed by atoms with Crippen molar-refractivity contribution in [3.8, 4) is 23.0 Å². The van der Waals surface area contributed by atoms with Crippen molar-refractivity contribution in [3.63, 3.8) is 0 Å². The summed E-state index contributed by atoms with van der Waals surface area (Å²) in [6, 6.07) is 6.81. The summed E-state index contributed by atoms with van der Waals surface area (Å²) in [7, 11) is 4.40. The summed E-state index contributed by atoms with van der Waals surface area (Å²) in [5.41, 5.74) is 0.506. The molecule has 0 spiro atoms. The number of rotatable bonds is 8. The van der Waals surface area contributed by atoms with Crippen LogP contribution >= 0.6 is 0 Å². The number of aromatic hydroxyl groups is 1. The second kappa shape index (κ2) is 9.41. The zero-order chi connectivity index (χ0) is 23.4. The van der Waals surface area contributed by atoms with Gasteiger partial charge in [0, 0.05) is 49.3 Å². The van der Waals surface area contributed by atoms with Crippen LogP contribution in [0.5, 0.6) is 23.0 Å². The molecule has 2 aromatic rings. The highest BCUT2D eigenvalue weighted by Crippen LogP contribution is 2.42. The van der Waals surface area contributed by atoms with E-state index in [-0.39, 0.29) is 42.4 Å². The number of nitro groups is 1. The highest BCUT2D eigenvalue weighted by Gasteiger charge is 2.36. The van der Waals surface area contributed by atoms with E-state index in [0.717, 1.165) is 0 Å². The van der Waals surface area contributed by atoms with Crippen molar-refractivity contribution < 1.29 is 33.8 Å². The van der Waals surface area contributed by atoms with Gasteiger partial charge in [0.15, 0.2) is 11.5 Å². The molecule has 2 N–H and O–H groups in total. The van der Waals surface area contributed by atoms with Gasteiger partial charge in [-0.25, -0.2) is 0 Å². The molecule has 3 rings (SSSR count). The summed E-state index contributed by atoms with van der Waals surface area (Å²) >= 11 is 0. The molecule has 0 bridgehead atoms. The highest BCUT2D eigenvalue weighted by molar-refractivity contribution is 6.00. The normalized spacial score (nSPS) is 15.4. The molecule has 11 heteroatoms. The second-order valence-electron chi connectivity index (χ2n) is 7.08. The van der Waals surface area contributed by atoms with Crippen LogP contribution in [0.4, 0.5) is 11.4 Å². The van der Waals surface area contributed by atoms with Crippen LogP contribution in [0.25, 0.3) is 0 Å². The van der Waals surface area contributed by atoms with Crippen molar-refractivity contribution in [2.24, 2.45) is 5.92 Å². The molecule has 1 aliphatic rings. The maximum absolute atomic E-state index is 12.6. The van der Waals surface area contributed by atoms with E-state index in [1.165, 1.54) is 44.4 Å². The predicted molar refractivity (Wildman–Crippen MR) is 113 cm³/mol. The SMILES string of the molecule is COc1cc(N2CC(C(=O)NCc3cc([N+](=O)[O-])ccc3O)CC2=O)cc(OC)c1OC. The fraction of sp³-hybridized carbons (Fsp3) is 0.333. The number of non-ortho nitro benzene ring substituents is 1. The van der Waals surface area contributed by atoms with Gasteiger partial charge < -0.3 is 29.5 Å². The lowest BCUT2D eigenvalue weighted by molar-refractivity contribution is -0.384. The number of amides is 2. The molecule has 0 saturated carbocycles. The Balaban J connectivity index is 1.73. The van der Waals surface area contributed by atoms with E-state index in [9.17, 15) is 24.8 Å². The smallest absolute Gasteiger partial charge is 0.270 e. The van der Waals surface area contributed by atoms with Crippen LogP contribution in [0.3, 0.4) is 0 Å². The molecule has 1 heterocycles. The first-order valence-electron chi connectivity index (χ1n) is 9.63. The number of hydrogen-bond donors (Lipinski definition) is 2. The number of anilines is 1. The molecule has 0 radical (unpaired) electrons. The number of phenolic OH excluding ortho intramolecular Hbond substituents is 1. The van der Waals surface area contributed by atoms with Gasteiger partial charge in [0.2, 0.25) is 17.6 Å². The van der Waals surface area contributed by atoms with Crippen molar-refractivity contribution in [2.75, 3.05) is 32.8 Å². The van der Waals surface area contributed by atoms with Gasteiger partial charge >= 0.3 is 0 Å². The first-order valence-corrected chi connectivity index (χ1v) is 9.63. The molecule has 1 fully saturated rings. The topological polar surface area (TPSA) is 140 Å². The van der Waals surface area contributed by atoms with Crippen LogP contribution in [0.15, 0.2) is 30.3 Å². The number of hydrogen-bond acceptors (Lipinski definition) is 8. The van der Waals surface area contributed by atoms with Crippen molar-refractivity contribution in [3.05, 3.63) is 46.0 Å². The first-order chi connectivity index (χ1) is 15.3. The molecule has 0 aliphatic carbocycles. The number of carbonyl (C=O) groups is 2. The third kappa shape index (κ3) is 4.51. The Morgan fingerprint density at radius 1 is 1.19 bits per heavy atom. The fourth-order valence-electron chi connectivity index (χ4n) is 3.51. The Kier molecular flexibility index (Phi) is 6.67. The largest absolute Gasteiger partial charge is 0.508 e. The number of nitrogens with zero attached hydrogens (tertiary/aromatic N) is 2. The summed E-state index contributed by atoms with van der Waals surface area (Å²) in [4.78, 5) is 37.0. The van der Waals surface area contributed by atoms with Crippen LogP contribution in [0.2, 0.25) is 0 Å². The summed E-state index contributed by atoms with van der Waals surface area (Å²) < 4.78 is 15.9. The van der Waals surface area contributed by atoms with Crippen LogP contribution in [0.1, 0.15) is 12.0 Å². The van der Waals surface area contributed by atoms with Crippen LogP contribution in [0, 0.1) is 16.0 Å². The van der Waals surface area contributed by atoms with E-state index in [1.54, 1.807) is 12.1 Å². The first kappa shape index (κ1) is 22.7. The van der Waals surface area contributed by atoms with Gasteiger partial charge in [-0.3, -0.25) is 19.7 Å². The zero-order valence-electron chi connectivity index (χ0n) is 17.8.